The molecule has 230 valence electrons. The van der Waals surface area contributed by atoms with Crippen LogP contribution in [0.15, 0.2) is 114 Å². The van der Waals surface area contributed by atoms with E-state index in [1.807, 2.05) is 62.4 Å². The molecule has 0 aliphatic heterocycles. The zero-order valence-corrected chi connectivity index (χ0v) is 26.6. The van der Waals surface area contributed by atoms with Crippen molar-refractivity contribution in [3.05, 3.63) is 131 Å². The highest BCUT2D eigenvalue weighted by molar-refractivity contribution is 7.92. The molecular formula is C35H38ClN3O4S. The Morgan fingerprint density at radius 2 is 1.43 bits per heavy atom. The van der Waals surface area contributed by atoms with Crippen LogP contribution in [0.2, 0.25) is 5.02 Å². The largest absolute Gasteiger partial charge is 0.354 e. The molecule has 7 nitrogen and oxygen atoms in total. The van der Waals surface area contributed by atoms with Gasteiger partial charge in [-0.1, -0.05) is 98.2 Å². The van der Waals surface area contributed by atoms with Crippen molar-refractivity contribution in [2.45, 2.75) is 50.6 Å². The minimum Gasteiger partial charge on any atom is -0.354 e. The Bertz CT molecular complexity index is 1630. The summed E-state index contributed by atoms with van der Waals surface area (Å²) >= 11 is 6.29. The summed E-state index contributed by atoms with van der Waals surface area (Å²) in [4.78, 5) is 29.7. The molecule has 0 fully saturated rings. The van der Waals surface area contributed by atoms with Crippen molar-refractivity contribution >= 4 is 39.1 Å². The Balaban J connectivity index is 1.79. The van der Waals surface area contributed by atoms with Crippen LogP contribution in [0.1, 0.15) is 37.0 Å². The van der Waals surface area contributed by atoms with Crippen molar-refractivity contribution in [1.29, 1.82) is 0 Å². The first kappa shape index (κ1) is 32.8. The van der Waals surface area contributed by atoms with Crippen LogP contribution in [0.5, 0.6) is 0 Å². The van der Waals surface area contributed by atoms with E-state index in [1.165, 1.54) is 17.0 Å². The molecule has 9 heteroatoms. The lowest BCUT2D eigenvalue weighted by Crippen LogP contribution is -2.53. The second-order valence-corrected chi connectivity index (χ2v) is 12.8. The maximum atomic E-state index is 14.4. The summed E-state index contributed by atoms with van der Waals surface area (Å²) in [5.41, 5.74) is 2.99. The fraction of sp³-hybridized carbons (Fsp3) is 0.257. The Kier molecular flexibility index (Phi) is 11.6. The number of rotatable bonds is 14. The fourth-order valence-corrected chi connectivity index (χ4v) is 6.55. The normalized spacial score (nSPS) is 11.9. The highest BCUT2D eigenvalue weighted by atomic mass is 35.5. The van der Waals surface area contributed by atoms with Gasteiger partial charge in [0.05, 0.1) is 10.6 Å². The average molecular weight is 632 g/mol. The van der Waals surface area contributed by atoms with E-state index in [-0.39, 0.29) is 23.8 Å². The summed E-state index contributed by atoms with van der Waals surface area (Å²) in [5.74, 6) is -0.826. The van der Waals surface area contributed by atoms with Crippen LogP contribution in [0.3, 0.4) is 0 Å². The third kappa shape index (κ3) is 8.49. The van der Waals surface area contributed by atoms with Crippen LogP contribution >= 0.6 is 11.6 Å². The Labute approximate surface area is 265 Å². The van der Waals surface area contributed by atoms with Gasteiger partial charge in [0.2, 0.25) is 11.8 Å². The first-order valence-electron chi connectivity index (χ1n) is 14.7. The van der Waals surface area contributed by atoms with Gasteiger partial charge in [0.25, 0.3) is 10.0 Å². The fourth-order valence-electron chi connectivity index (χ4n) is 4.90. The first-order valence-corrected chi connectivity index (χ1v) is 16.6. The third-order valence-corrected chi connectivity index (χ3v) is 9.33. The zero-order chi connectivity index (χ0) is 31.5. The molecule has 0 heterocycles. The number of sulfonamides is 1. The monoisotopic (exact) mass is 631 g/mol. The van der Waals surface area contributed by atoms with Crippen molar-refractivity contribution in [2.24, 2.45) is 0 Å². The number of nitrogens with one attached hydrogen (secondary N) is 1. The standard InChI is InChI=1S/C35H38ClN3O4S/c1-3-22-37-35(41)33(24-28-12-7-5-8-13-28)38(25-29-14-11-15-30(36)23-29)34(40)26-39(31-20-18-27(4-2)19-21-31)44(42,43)32-16-9-6-10-17-32/h5-21,23,33H,3-4,22,24-26H2,1-2H3,(H,37,41). The molecule has 4 aromatic carbocycles. The molecule has 0 bridgehead atoms. The molecule has 44 heavy (non-hydrogen) atoms. The van der Waals surface area contributed by atoms with E-state index >= 15 is 0 Å². The third-order valence-electron chi connectivity index (χ3n) is 7.30. The van der Waals surface area contributed by atoms with Gasteiger partial charge < -0.3 is 10.2 Å². The Morgan fingerprint density at radius 3 is 2.05 bits per heavy atom. The summed E-state index contributed by atoms with van der Waals surface area (Å²) in [7, 11) is -4.14. The number of amides is 2. The number of aryl methyl sites for hydroxylation is 1. The molecule has 1 unspecified atom stereocenters. The van der Waals surface area contributed by atoms with Gasteiger partial charge in [-0.3, -0.25) is 13.9 Å². The van der Waals surface area contributed by atoms with Gasteiger partial charge in [0, 0.05) is 24.5 Å². The van der Waals surface area contributed by atoms with Gasteiger partial charge in [-0.2, -0.15) is 0 Å². The summed E-state index contributed by atoms with van der Waals surface area (Å²) in [6.07, 6.45) is 1.76. The van der Waals surface area contributed by atoms with Crippen LogP contribution in [-0.2, 0) is 39.0 Å². The van der Waals surface area contributed by atoms with Gasteiger partial charge in [-0.25, -0.2) is 8.42 Å². The minimum atomic E-state index is -4.14. The maximum Gasteiger partial charge on any atom is 0.264 e. The molecule has 0 aliphatic rings. The van der Waals surface area contributed by atoms with Crippen LogP contribution in [0.4, 0.5) is 5.69 Å². The Hall–Kier alpha value is -4.14. The van der Waals surface area contributed by atoms with E-state index in [4.69, 9.17) is 11.6 Å². The smallest absolute Gasteiger partial charge is 0.264 e. The topological polar surface area (TPSA) is 86.8 Å². The predicted molar refractivity (Wildman–Crippen MR) is 176 cm³/mol. The quantitative estimate of drug-likeness (QED) is 0.178. The number of benzene rings is 4. The molecule has 0 aromatic heterocycles. The van der Waals surface area contributed by atoms with Crippen LogP contribution in [0.25, 0.3) is 0 Å². The SMILES string of the molecule is CCCNC(=O)C(Cc1ccccc1)N(Cc1cccc(Cl)c1)C(=O)CN(c1ccc(CC)cc1)S(=O)(=O)c1ccccc1. The summed E-state index contributed by atoms with van der Waals surface area (Å²) in [6.45, 7) is 3.97. The lowest BCUT2D eigenvalue weighted by molar-refractivity contribution is -0.140. The molecule has 0 saturated heterocycles. The molecule has 1 atom stereocenters. The molecular weight excluding hydrogens is 594 g/mol. The summed E-state index contributed by atoms with van der Waals surface area (Å²) in [5, 5.41) is 3.44. The number of anilines is 1. The average Bonchev–Trinajstić information content (AvgIpc) is 3.05. The molecule has 1 N–H and O–H groups in total. The van der Waals surface area contributed by atoms with Crippen molar-refractivity contribution < 1.29 is 18.0 Å². The number of nitrogens with zero attached hydrogens (tertiary/aromatic N) is 2. The predicted octanol–water partition coefficient (Wildman–Crippen LogP) is 6.26. The number of carbonyl (C=O) groups is 2. The van der Waals surface area contributed by atoms with E-state index in [0.717, 1.165) is 33.8 Å². The Morgan fingerprint density at radius 1 is 0.795 bits per heavy atom. The maximum absolute atomic E-state index is 14.4. The number of hydrogen-bond acceptors (Lipinski definition) is 4. The van der Waals surface area contributed by atoms with Gasteiger partial charge in [-0.05, 0) is 65.9 Å². The van der Waals surface area contributed by atoms with Crippen molar-refractivity contribution in [3.63, 3.8) is 0 Å². The van der Waals surface area contributed by atoms with Gasteiger partial charge >= 0.3 is 0 Å². The van der Waals surface area contributed by atoms with E-state index < -0.39 is 28.5 Å². The number of carbonyl (C=O) groups excluding carboxylic acids is 2. The van der Waals surface area contributed by atoms with Crippen molar-refractivity contribution in [2.75, 3.05) is 17.4 Å². The van der Waals surface area contributed by atoms with Gasteiger partial charge in [0.1, 0.15) is 12.6 Å². The highest BCUT2D eigenvalue weighted by Crippen LogP contribution is 2.26. The van der Waals surface area contributed by atoms with Gasteiger partial charge in [0.15, 0.2) is 0 Å². The first-order chi connectivity index (χ1) is 21.2. The van der Waals surface area contributed by atoms with E-state index in [0.29, 0.717) is 17.3 Å². The minimum absolute atomic E-state index is 0.0600. The van der Waals surface area contributed by atoms with E-state index in [1.54, 1.807) is 48.5 Å². The molecule has 2 amide bonds. The zero-order valence-electron chi connectivity index (χ0n) is 25.0. The molecule has 0 radical (unpaired) electrons. The molecule has 0 saturated carbocycles. The highest BCUT2D eigenvalue weighted by Gasteiger charge is 2.34. The molecule has 0 spiro atoms. The van der Waals surface area contributed by atoms with E-state index in [9.17, 15) is 18.0 Å². The lowest BCUT2D eigenvalue weighted by Gasteiger charge is -2.34. The lowest BCUT2D eigenvalue weighted by atomic mass is 10.0. The van der Waals surface area contributed by atoms with Gasteiger partial charge in [-0.15, -0.1) is 0 Å². The molecule has 0 aliphatic carbocycles. The van der Waals surface area contributed by atoms with Crippen LogP contribution < -0.4 is 9.62 Å². The van der Waals surface area contributed by atoms with Crippen LogP contribution in [-0.4, -0.2) is 44.3 Å². The number of hydrogen-bond donors (Lipinski definition) is 1. The van der Waals surface area contributed by atoms with Crippen molar-refractivity contribution in [3.8, 4) is 0 Å². The second-order valence-electron chi connectivity index (χ2n) is 10.5. The summed E-state index contributed by atoms with van der Waals surface area (Å²) < 4.78 is 29.2. The van der Waals surface area contributed by atoms with Crippen LogP contribution in [0, 0.1) is 0 Å². The molecule has 4 aromatic rings. The number of halogens is 1. The summed E-state index contributed by atoms with van der Waals surface area (Å²) in [6, 6.07) is 30.8. The van der Waals surface area contributed by atoms with E-state index in [2.05, 4.69) is 5.32 Å². The molecule has 4 rings (SSSR count). The second kappa shape index (κ2) is 15.5. The van der Waals surface area contributed by atoms with Crippen molar-refractivity contribution in [1.82, 2.24) is 10.2 Å².